The number of hydrogen-bond donors (Lipinski definition) is 2. The lowest BCUT2D eigenvalue weighted by atomic mass is 10.1. The summed E-state index contributed by atoms with van der Waals surface area (Å²) < 4.78 is 1.19. The number of nitrogens with one attached hydrogen (secondary N) is 1. The third-order valence-electron chi connectivity index (χ3n) is 3.29. The lowest BCUT2D eigenvalue weighted by Crippen LogP contribution is -2.11. The normalized spacial score (nSPS) is 10.8. The Labute approximate surface area is 132 Å². The smallest absolute Gasteiger partial charge is 0.188 e. The van der Waals surface area contributed by atoms with E-state index in [1.807, 2.05) is 31.2 Å². The van der Waals surface area contributed by atoms with Crippen LogP contribution in [0.25, 0.3) is 10.2 Å². The number of thiocarbonyl (C=S) groups is 1. The second-order valence-electron chi connectivity index (χ2n) is 5.01. The Morgan fingerprint density at radius 3 is 2.71 bits per heavy atom. The first-order valence-corrected chi connectivity index (χ1v) is 7.80. The minimum absolute atomic E-state index is 0.425. The molecular formula is C16H15N3S2. The Hall–Kier alpha value is -1.98. The van der Waals surface area contributed by atoms with Gasteiger partial charge < -0.3 is 11.1 Å². The van der Waals surface area contributed by atoms with Crippen LogP contribution in [0, 0.1) is 13.8 Å². The van der Waals surface area contributed by atoms with Gasteiger partial charge in [0.2, 0.25) is 0 Å². The summed E-state index contributed by atoms with van der Waals surface area (Å²) in [7, 11) is 0. The van der Waals surface area contributed by atoms with Gasteiger partial charge in [0.15, 0.2) is 5.13 Å². The first-order chi connectivity index (χ1) is 10.0. The monoisotopic (exact) mass is 313 g/mol. The van der Waals surface area contributed by atoms with Crippen molar-refractivity contribution in [3.05, 3.63) is 53.1 Å². The van der Waals surface area contributed by atoms with Crippen LogP contribution in [-0.2, 0) is 0 Å². The summed E-state index contributed by atoms with van der Waals surface area (Å²) >= 11 is 6.68. The molecule has 0 radical (unpaired) electrons. The maximum atomic E-state index is 5.68. The molecule has 3 aromatic rings. The van der Waals surface area contributed by atoms with E-state index in [2.05, 4.69) is 29.4 Å². The van der Waals surface area contributed by atoms with Crippen molar-refractivity contribution in [2.45, 2.75) is 13.8 Å². The van der Waals surface area contributed by atoms with Crippen molar-refractivity contribution in [2.75, 3.05) is 5.32 Å². The highest BCUT2D eigenvalue weighted by Gasteiger charge is 2.06. The maximum absolute atomic E-state index is 5.68. The number of rotatable bonds is 3. The number of fused-ring (bicyclic) bond motifs is 1. The van der Waals surface area contributed by atoms with Gasteiger partial charge in [-0.2, -0.15) is 0 Å². The molecule has 3 rings (SSSR count). The summed E-state index contributed by atoms with van der Waals surface area (Å²) in [5.74, 6) is 0. The third kappa shape index (κ3) is 2.89. The van der Waals surface area contributed by atoms with Crippen LogP contribution < -0.4 is 11.1 Å². The fraction of sp³-hybridized carbons (Fsp3) is 0.125. The van der Waals surface area contributed by atoms with E-state index in [4.69, 9.17) is 18.0 Å². The molecule has 5 heteroatoms. The minimum Gasteiger partial charge on any atom is -0.389 e. The van der Waals surface area contributed by atoms with Crippen LogP contribution in [0.1, 0.15) is 16.7 Å². The third-order valence-corrected chi connectivity index (χ3v) is 4.44. The van der Waals surface area contributed by atoms with Crippen molar-refractivity contribution < 1.29 is 0 Å². The van der Waals surface area contributed by atoms with E-state index in [1.54, 1.807) is 11.3 Å². The van der Waals surface area contributed by atoms with E-state index in [-0.39, 0.29) is 0 Å². The van der Waals surface area contributed by atoms with Crippen LogP contribution in [0.2, 0.25) is 0 Å². The summed E-state index contributed by atoms with van der Waals surface area (Å²) in [5.41, 5.74) is 10.9. The standard InChI is InChI=1S/C16H15N3S2/c1-9-3-6-13-14(7-9)21-16(19-13)18-11-4-5-12(15(17)20)10(2)8-11/h3-8H,1-2H3,(H2,17,20)(H,18,19). The number of nitrogens with two attached hydrogens (primary N) is 1. The first-order valence-electron chi connectivity index (χ1n) is 6.57. The van der Waals surface area contributed by atoms with Gasteiger partial charge in [0.1, 0.15) is 4.99 Å². The van der Waals surface area contributed by atoms with E-state index in [0.717, 1.165) is 27.5 Å². The molecule has 0 aliphatic rings. The Morgan fingerprint density at radius 1 is 1.19 bits per heavy atom. The van der Waals surface area contributed by atoms with Crippen molar-refractivity contribution >= 4 is 49.6 Å². The highest BCUT2D eigenvalue weighted by molar-refractivity contribution is 7.80. The lowest BCUT2D eigenvalue weighted by Gasteiger charge is -2.07. The second kappa shape index (κ2) is 5.42. The van der Waals surface area contributed by atoms with E-state index in [1.165, 1.54) is 10.3 Å². The summed E-state index contributed by atoms with van der Waals surface area (Å²) in [6.07, 6.45) is 0. The number of aryl methyl sites for hydroxylation is 2. The molecule has 0 amide bonds. The molecule has 0 saturated heterocycles. The molecule has 2 aromatic carbocycles. The second-order valence-corrected chi connectivity index (χ2v) is 6.48. The SMILES string of the molecule is Cc1ccc2nc(Nc3ccc(C(N)=S)c(C)c3)sc2c1. The van der Waals surface area contributed by atoms with E-state index >= 15 is 0 Å². The summed E-state index contributed by atoms with van der Waals surface area (Å²) in [4.78, 5) is 5.02. The number of nitrogens with zero attached hydrogens (tertiary/aromatic N) is 1. The zero-order chi connectivity index (χ0) is 15.0. The van der Waals surface area contributed by atoms with Crippen LogP contribution in [0.5, 0.6) is 0 Å². The highest BCUT2D eigenvalue weighted by Crippen LogP contribution is 2.29. The lowest BCUT2D eigenvalue weighted by molar-refractivity contribution is 1.40. The van der Waals surface area contributed by atoms with E-state index in [9.17, 15) is 0 Å². The summed E-state index contributed by atoms with van der Waals surface area (Å²) in [6.45, 7) is 4.09. The molecule has 0 aliphatic heterocycles. The van der Waals surface area contributed by atoms with Crippen molar-refractivity contribution in [3.63, 3.8) is 0 Å². The molecule has 3 N–H and O–H groups in total. The maximum Gasteiger partial charge on any atom is 0.188 e. The molecule has 0 spiro atoms. The fourth-order valence-corrected chi connectivity index (χ4v) is 3.44. The molecule has 0 atom stereocenters. The molecule has 3 nitrogen and oxygen atoms in total. The molecule has 0 fully saturated rings. The van der Waals surface area contributed by atoms with Crippen molar-refractivity contribution in [1.29, 1.82) is 0 Å². The largest absolute Gasteiger partial charge is 0.389 e. The first kappa shape index (κ1) is 14.0. The molecule has 21 heavy (non-hydrogen) atoms. The van der Waals surface area contributed by atoms with Gasteiger partial charge in [0.05, 0.1) is 10.2 Å². The van der Waals surface area contributed by atoms with Gasteiger partial charge in [0.25, 0.3) is 0 Å². The van der Waals surface area contributed by atoms with Crippen LogP contribution >= 0.6 is 23.6 Å². The van der Waals surface area contributed by atoms with Crippen LogP contribution in [0.4, 0.5) is 10.8 Å². The highest BCUT2D eigenvalue weighted by atomic mass is 32.1. The minimum atomic E-state index is 0.425. The van der Waals surface area contributed by atoms with Crippen LogP contribution in [0.15, 0.2) is 36.4 Å². The van der Waals surface area contributed by atoms with Gasteiger partial charge in [-0.15, -0.1) is 0 Å². The molecule has 0 aliphatic carbocycles. The van der Waals surface area contributed by atoms with Crippen LogP contribution in [-0.4, -0.2) is 9.97 Å². The molecular weight excluding hydrogens is 298 g/mol. The summed E-state index contributed by atoms with van der Waals surface area (Å²) in [6, 6.07) is 12.2. The number of aromatic nitrogens is 1. The average molecular weight is 313 g/mol. The Kier molecular flexibility index (Phi) is 3.61. The molecule has 1 aromatic heterocycles. The number of anilines is 2. The van der Waals surface area contributed by atoms with Crippen LogP contribution in [0.3, 0.4) is 0 Å². The molecule has 1 heterocycles. The number of benzene rings is 2. The van der Waals surface area contributed by atoms with Crippen molar-refractivity contribution in [3.8, 4) is 0 Å². The van der Waals surface area contributed by atoms with Gasteiger partial charge in [-0.1, -0.05) is 29.6 Å². The molecule has 0 unspecified atom stereocenters. The predicted molar refractivity (Wildman–Crippen MR) is 94.7 cm³/mol. The predicted octanol–water partition coefficient (Wildman–Crippen LogP) is 4.29. The Bertz CT molecular complexity index is 837. The van der Waals surface area contributed by atoms with Gasteiger partial charge in [0, 0.05) is 11.3 Å². The molecule has 0 saturated carbocycles. The van der Waals surface area contributed by atoms with Crippen molar-refractivity contribution in [1.82, 2.24) is 4.98 Å². The fourth-order valence-electron chi connectivity index (χ4n) is 2.23. The van der Waals surface area contributed by atoms with E-state index in [0.29, 0.717) is 4.99 Å². The Morgan fingerprint density at radius 2 is 2.00 bits per heavy atom. The van der Waals surface area contributed by atoms with Gasteiger partial charge in [-0.25, -0.2) is 4.98 Å². The molecule has 106 valence electrons. The summed E-state index contributed by atoms with van der Waals surface area (Å²) in [5, 5.41) is 4.23. The van der Waals surface area contributed by atoms with Gasteiger partial charge >= 0.3 is 0 Å². The number of thiazole rings is 1. The number of hydrogen-bond acceptors (Lipinski definition) is 4. The zero-order valence-electron chi connectivity index (χ0n) is 11.8. The Balaban J connectivity index is 1.91. The van der Waals surface area contributed by atoms with Gasteiger partial charge in [-0.3, -0.25) is 0 Å². The molecule has 0 bridgehead atoms. The van der Waals surface area contributed by atoms with E-state index < -0.39 is 0 Å². The zero-order valence-corrected chi connectivity index (χ0v) is 13.4. The topological polar surface area (TPSA) is 50.9 Å². The average Bonchev–Trinajstić information content (AvgIpc) is 2.79. The quantitative estimate of drug-likeness (QED) is 0.708. The van der Waals surface area contributed by atoms with Gasteiger partial charge in [-0.05, 0) is 55.3 Å². The van der Waals surface area contributed by atoms with Crippen molar-refractivity contribution in [2.24, 2.45) is 5.73 Å².